The number of hydrogen-bond donors (Lipinski definition) is 1. The van der Waals surface area contributed by atoms with Gasteiger partial charge in [-0.1, -0.05) is 0 Å². The van der Waals surface area contributed by atoms with Crippen LogP contribution in [0.25, 0.3) is 0 Å². The highest BCUT2D eigenvalue weighted by atomic mass is 16.5. The van der Waals surface area contributed by atoms with Gasteiger partial charge in [0.1, 0.15) is 11.9 Å². The maximum absolute atomic E-state index is 11.3. The van der Waals surface area contributed by atoms with Gasteiger partial charge in [-0.3, -0.25) is 4.79 Å². The van der Waals surface area contributed by atoms with Crippen LogP contribution in [0.3, 0.4) is 0 Å². The minimum absolute atomic E-state index is 0.252. The Morgan fingerprint density at radius 3 is 2.88 bits per heavy atom. The lowest BCUT2D eigenvalue weighted by atomic mass is 10.2. The number of hydrogen-bond acceptors (Lipinski definition) is 6. The Kier molecular flexibility index (Phi) is 3.08. The van der Waals surface area contributed by atoms with Gasteiger partial charge in [-0.05, 0) is 19.8 Å². The first-order chi connectivity index (χ1) is 8.11. The van der Waals surface area contributed by atoms with Crippen molar-refractivity contribution in [2.24, 2.45) is 5.73 Å². The molecule has 17 heavy (non-hydrogen) atoms. The fourth-order valence-electron chi connectivity index (χ4n) is 1.97. The van der Waals surface area contributed by atoms with Crippen LogP contribution in [0.15, 0.2) is 0 Å². The highest BCUT2D eigenvalue weighted by molar-refractivity contribution is 5.83. The summed E-state index contributed by atoms with van der Waals surface area (Å²) in [6.07, 6.45) is 1.64. The molecule has 0 aromatic carbocycles. The summed E-state index contributed by atoms with van der Waals surface area (Å²) in [7, 11) is 1.49. The second-order valence-corrected chi connectivity index (χ2v) is 3.92. The van der Waals surface area contributed by atoms with Crippen molar-refractivity contribution in [3.05, 3.63) is 5.82 Å². The van der Waals surface area contributed by atoms with E-state index in [0.717, 1.165) is 19.4 Å². The van der Waals surface area contributed by atoms with Gasteiger partial charge in [-0.2, -0.15) is 15.0 Å². The quantitative estimate of drug-likeness (QED) is 0.771. The number of rotatable bonds is 3. The van der Waals surface area contributed by atoms with Gasteiger partial charge >= 0.3 is 6.01 Å². The second kappa shape index (κ2) is 4.52. The Bertz CT molecular complexity index is 437. The van der Waals surface area contributed by atoms with Crippen LogP contribution in [0, 0.1) is 6.92 Å². The molecule has 92 valence electrons. The lowest BCUT2D eigenvalue weighted by molar-refractivity contribution is -0.119. The zero-order valence-electron chi connectivity index (χ0n) is 9.88. The molecule has 0 aliphatic carbocycles. The number of nitrogens with zero attached hydrogens (tertiary/aromatic N) is 4. The highest BCUT2D eigenvalue weighted by Gasteiger charge is 2.31. The van der Waals surface area contributed by atoms with Gasteiger partial charge in [0, 0.05) is 6.54 Å². The van der Waals surface area contributed by atoms with Crippen LogP contribution in [0.5, 0.6) is 6.01 Å². The normalized spacial score (nSPS) is 19.4. The molecule has 1 atom stereocenters. The molecule has 2 N–H and O–H groups in total. The van der Waals surface area contributed by atoms with Crippen molar-refractivity contribution in [3.63, 3.8) is 0 Å². The first-order valence-electron chi connectivity index (χ1n) is 5.44. The molecule has 1 fully saturated rings. The van der Waals surface area contributed by atoms with Gasteiger partial charge in [0.15, 0.2) is 0 Å². The number of aryl methyl sites for hydroxylation is 1. The zero-order valence-corrected chi connectivity index (χ0v) is 9.88. The monoisotopic (exact) mass is 237 g/mol. The molecule has 2 rings (SSSR count). The topological polar surface area (TPSA) is 94.2 Å². The zero-order chi connectivity index (χ0) is 12.4. The van der Waals surface area contributed by atoms with Crippen molar-refractivity contribution < 1.29 is 9.53 Å². The van der Waals surface area contributed by atoms with Crippen molar-refractivity contribution >= 4 is 11.9 Å². The molecule has 7 nitrogen and oxygen atoms in total. The number of nitrogens with two attached hydrogens (primary N) is 1. The highest BCUT2D eigenvalue weighted by Crippen LogP contribution is 2.23. The Morgan fingerprint density at radius 2 is 2.24 bits per heavy atom. The molecular formula is C10H15N5O2. The van der Waals surface area contributed by atoms with E-state index in [-0.39, 0.29) is 18.0 Å². The number of methoxy groups -OCH3 is 1. The van der Waals surface area contributed by atoms with Crippen LogP contribution in [0.2, 0.25) is 0 Å². The van der Waals surface area contributed by atoms with E-state index in [1.807, 2.05) is 0 Å². The summed E-state index contributed by atoms with van der Waals surface area (Å²) in [4.78, 5) is 25.5. The lowest BCUT2D eigenvalue weighted by Crippen LogP contribution is -2.41. The van der Waals surface area contributed by atoms with Gasteiger partial charge in [0.25, 0.3) is 0 Å². The first kappa shape index (κ1) is 11.6. The van der Waals surface area contributed by atoms with Crippen LogP contribution >= 0.6 is 0 Å². The standard InChI is InChI=1S/C10H15N5O2/c1-6-12-9(14-10(13-6)17-2)15-5-3-4-7(15)8(11)16/h7H,3-5H2,1-2H3,(H2,11,16). The largest absolute Gasteiger partial charge is 0.467 e. The Morgan fingerprint density at radius 1 is 1.47 bits per heavy atom. The Labute approximate surface area is 99.0 Å². The molecule has 0 saturated carbocycles. The summed E-state index contributed by atoms with van der Waals surface area (Å²) in [6.45, 7) is 2.48. The SMILES string of the molecule is COc1nc(C)nc(N2CCCC2C(N)=O)n1. The van der Waals surface area contributed by atoms with E-state index in [1.165, 1.54) is 7.11 Å². The fraction of sp³-hybridized carbons (Fsp3) is 0.600. The molecule has 1 unspecified atom stereocenters. The van der Waals surface area contributed by atoms with Crippen LogP contribution in [0.4, 0.5) is 5.95 Å². The van der Waals surface area contributed by atoms with E-state index in [2.05, 4.69) is 15.0 Å². The molecule has 2 heterocycles. The maximum atomic E-state index is 11.3. The third kappa shape index (κ3) is 2.27. The van der Waals surface area contributed by atoms with Crippen LogP contribution < -0.4 is 15.4 Å². The molecule has 1 amide bonds. The van der Waals surface area contributed by atoms with Gasteiger partial charge < -0.3 is 15.4 Å². The summed E-state index contributed by atoms with van der Waals surface area (Å²) < 4.78 is 4.99. The van der Waals surface area contributed by atoms with Gasteiger partial charge in [0.05, 0.1) is 7.11 Å². The number of ether oxygens (including phenoxy) is 1. The molecule has 0 radical (unpaired) electrons. The molecule has 1 aliphatic rings. The molecular weight excluding hydrogens is 222 g/mol. The van der Waals surface area contributed by atoms with Crippen molar-refractivity contribution in [2.75, 3.05) is 18.6 Å². The molecule has 1 aliphatic heterocycles. The van der Waals surface area contributed by atoms with Crippen LogP contribution in [0.1, 0.15) is 18.7 Å². The molecule has 1 aromatic heterocycles. The van der Waals surface area contributed by atoms with Crippen LogP contribution in [-0.2, 0) is 4.79 Å². The first-order valence-corrected chi connectivity index (χ1v) is 5.44. The third-order valence-corrected chi connectivity index (χ3v) is 2.74. The van der Waals surface area contributed by atoms with Crippen LogP contribution in [-0.4, -0.2) is 40.6 Å². The lowest BCUT2D eigenvalue weighted by Gasteiger charge is -2.22. The predicted molar refractivity (Wildman–Crippen MR) is 60.7 cm³/mol. The minimum Gasteiger partial charge on any atom is -0.467 e. The van der Waals surface area contributed by atoms with E-state index in [9.17, 15) is 4.79 Å². The number of primary amides is 1. The Balaban J connectivity index is 2.32. The van der Waals surface area contributed by atoms with Gasteiger partial charge in [-0.25, -0.2) is 0 Å². The maximum Gasteiger partial charge on any atom is 0.321 e. The minimum atomic E-state index is -0.348. The predicted octanol–water partition coefficient (Wildman–Crippen LogP) is -0.357. The summed E-state index contributed by atoms with van der Waals surface area (Å²) in [5.41, 5.74) is 5.35. The van der Waals surface area contributed by atoms with E-state index < -0.39 is 0 Å². The molecule has 7 heteroatoms. The van der Waals surface area contributed by atoms with E-state index >= 15 is 0 Å². The Hall–Kier alpha value is -1.92. The third-order valence-electron chi connectivity index (χ3n) is 2.74. The van der Waals surface area contributed by atoms with E-state index in [1.54, 1.807) is 11.8 Å². The van der Waals surface area contributed by atoms with Crippen molar-refractivity contribution in [1.29, 1.82) is 0 Å². The summed E-state index contributed by atoms with van der Waals surface area (Å²) >= 11 is 0. The molecule has 1 saturated heterocycles. The number of amides is 1. The number of carbonyl (C=O) groups excluding carboxylic acids is 1. The summed E-state index contributed by atoms with van der Waals surface area (Å²) in [5, 5.41) is 0. The van der Waals surface area contributed by atoms with Gasteiger partial charge in [-0.15, -0.1) is 0 Å². The molecule has 0 spiro atoms. The summed E-state index contributed by atoms with van der Waals surface area (Å²) in [6, 6.07) is -0.0795. The molecule has 1 aromatic rings. The van der Waals surface area contributed by atoms with Crippen molar-refractivity contribution in [3.8, 4) is 6.01 Å². The average Bonchev–Trinajstić information content (AvgIpc) is 2.77. The second-order valence-electron chi connectivity index (χ2n) is 3.92. The van der Waals surface area contributed by atoms with Gasteiger partial charge in [0.2, 0.25) is 11.9 Å². The summed E-state index contributed by atoms with van der Waals surface area (Å²) in [5.74, 6) is 0.664. The smallest absolute Gasteiger partial charge is 0.321 e. The number of aromatic nitrogens is 3. The van der Waals surface area contributed by atoms with E-state index in [0.29, 0.717) is 11.8 Å². The van der Waals surface area contributed by atoms with Crippen molar-refractivity contribution in [1.82, 2.24) is 15.0 Å². The number of carbonyl (C=O) groups is 1. The van der Waals surface area contributed by atoms with Crippen molar-refractivity contribution in [2.45, 2.75) is 25.8 Å². The fourth-order valence-corrected chi connectivity index (χ4v) is 1.97. The average molecular weight is 237 g/mol. The number of anilines is 1. The van der Waals surface area contributed by atoms with E-state index in [4.69, 9.17) is 10.5 Å². The molecule has 0 bridgehead atoms.